The van der Waals surface area contributed by atoms with Gasteiger partial charge in [0.05, 0.1) is 6.04 Å². The molecule has 1 aliphatic rings. The molecule has 0 saturated heterocycles. The Kier molecular flexibility index (Phi) is 3.10. The minimum Gasteiger partial charge on any atom is -0.491 e. The zero-order valence-corrected chi connectivity index (χ0v) is 10.9. The largest absolute Gasteiger partial charge is 0.491 e. The Hall–Kier alpha value is -2.43. The molecule has 0 fully saturated rings. The number of halogens is 1. The molecule has 0 spiro atoms. The summed E-state index contributed by atoms with van der Waals surface area (Å²) >= 11 is 0. The summed E-state index contributed by atoms with van der Waals surface area (Å²) in [5.41, 5.74) is 1.77. The number of pyridine rings is 1. The van der Waals surface area contributed by atoms with Gasteiger partial charge in [-0.1, -0.05) is 6.07 Å². The Morgan fingerprint density at radius 2 is 2.25 bits per heavy atom. The smallest absolute Gasteiger partial charge is 0.270 e. The van der Waals surface area contributed by atoms with Crippen LogP contribution < -0.4 is 10.1 Å². The summed E-state index contributed by atoms with van der Waals surface area (Å²) in [5.74, 6) is -0.0320. The Morgan fingerprint density at radius 3 is 3.05 bits per heavy atom. The fraction of sp³-hybridized carbons (Fsp3) is 0.200. The van der Waals surface area contributed by atoms with Gasteiger partial charge in [0.1, 0.15) is 23.9 Å². The lowest BCUT2D eigenvalue weighted by Gasteiger charge is -2.11. The number of nitrogens with zero attached hydrogens (tertiary/aromatic N) is 1. The summed E-state index contributed by atoms with van der Waals surface area (Å²) in [5, 5.41) is 2.81. The third-order valence-corrected chi connectivity index (χ3v) is 3.18. The van der Waals surface area contributed by atoms with Crippen LogP contribution in [0.15, 0.2) is 36.4 Å². The van der Waals surface area contributed by atoms with Gasteiger partial charge >= 0.3 is 0 Å². The number of aryl methyl sites for hydroxylation is 1. The van der Waals surface area contributed by atoms with Crippen molar-refractivity contribution in [2.24, 2.45) is 0 Å². The van der Waals surface area contributed by atoms with Gasteiger partial charge in [0.15, 0.2) is 0 Å². The monoisotopic (exact) mass is 272 g/mol. The van der Waals surface area contributed by atoms with Gasteiger partial charge in [0.25, 0.3) is 5.91 Å². The molecule has 2 aromatic rings. The summed E-state index contributed by atoms with van der Waals surface area (Å²) < 4.78 is 18.7. The summed E-state index contributed by atoms with van der Waals surface area (Å²) in [6.45, 7) is 2.12. The topological polar surface area (TPSA) is 51.2 Å². The quantitative estimate of drug-likeness (QED) is 0.913. The number of hydrogen-bond acceptors (Lipinski definition) is 3. The molecular formula is C15H13FN2O2. The molecule has 0 radical (unpaired) electrons. The van der Waals surface area contributed by atoms with Crippen molar-refractivity contribution in [2.45, 2.75) is 13.0 Å². The molecule has 1 aromatic carbocycles. The normalized spacial score (nSPS) is 16.4. The van der Waals surface area contributed by atoms with Crippen molar-refractivity contribution in [1.29, 1.82) is 0 Å². The number of fused-ring (bicyclic) bond motifs is 1. The fourth-order valence-electron chi connectivity index (χ4n) is 2.21. The van der Waals surface area contributed by atoms with E-state index in [1.54, 1.807) is 18.2 Å². The highest BCUT2D eigenvalue weighted by Crippen LogP contribution is 2.32. The van der Waals surface area contributed by atoms with Crippen LogP contribution in [0.4, 0.5) is 4.39 Å². The maximum Gasteiger partial charge on any atom is 0.270 e. The van der Waals surface area contributed by atoms with Gasteiger partial charge in [-0.3, -0.25) is 4.79 Å². The number of rotatable bonds is 2. The first kappa shape index (κ1) is 12.6. The molecular weight excluding hydrogens is 259 g/mol. The van der Waals surface area contributed by atoms with Crippen LogP contribution in [0.2, 0.25) is 0 Å². The van der Waals surface area contributed by atoms with Crippen molar-refractivity contribution < 1.29 is 13.9 Å². The highest BCUT2D eigenvalue weighted by atomic mass is 19.1. The van der Waals surface area contributed by atoms with Gasteiger partial charge in [0.2, 0.25) is 0 Å². The van der Waals surface area contributed by atoms with E-state index in [-0.39, 0.29) is 17.8 Å². The van der Waals surface area contributed by atoms with E-state index in [1.807, 2.05) is 13.0 Å². The van der Waals surface area contributed by atoms with Gasteiger partial charge in [-0.05, 0) is 37.3 Å². The Labute approximate surface area is 115 Å². The molecule has 5 heteroatoms. The molecule has 1 aliphatic heterocycles. The number of amides is 1. The van der Waals surface area contributed by atoms with E-state index in [2.05, 4.69) is 10.3 Å². The third-order valence-electron chi connectivity index (χ3n) is 3.18. The first-order valence-corrected chi connectivity index (χ1v) is 6.30. The average molecular weight is 272 g/mol. The second kappa shape index (κ2) is 4.92. The zero-order valence-electron chi connectivity index (χ0n) is 10.9. The summed E-state index contributed by atoms with van der Waals surface area (Å²) in [4.78, 5) is 16.3. The zero-order chi connectivity index (χ0) is 14.1. The van der Waals surface area contributed by atoms with E-state index in [4.69, 9.17) is 4.74 Å². The molecule has 1 atom stereocenters. The van der Waals surface area contributed by atoms with Gasteiger partial charge in [-0.2, -0.15) is 0 Å². The lowest BCUT2D eigenvalue weighted by molar-refractivity contribution is 0.0925. The predicted molar refractivity (Wildman–Crippen MR) is 71.1 cm³/mol. The fourth-order valence-corrected chi connectivity index (χ4v) is 2.21. The SMILES string of the molecule is Cc1cccc(C(=O)NC2COc3ccc(F)cc32)n1. The van der Waals surface area contributed by atoms with Crippen molar-refractivity contribution in [3.8, 4) is 5.75 Å². The second-order valence-electron chi connectivity index (χ2n) is 4.68. The van der Waals surface area contributed by atoms with Crippen LogP contribution in [0.5, 0.6) is 5.75 Å². The molecule has 0 aliphatic carbocycles. The predicted octanol–water partition coefficient (Wildman–Crippen LogP) is 2.39. The van der Waals surface area contributed by atoms with Crippen LogP contribution in [0.3, 0.4) is 0 Å². The highest BCUT2D eigenvalue weighted by molar-refractivity contribution is 5.92. The molecule has 1 aromatic heterocycles. The van der Waals surface area contributed by atoms with Crippen molar-refractivity contribution in [3.05, 3.63) is 59.2 Å². The molecule has 4 nitrogen and oxygen atoms in total. The van der Waals surface area contributed by atoms with E-state index in [0.29, 0.717) is 23.6 Å². The molecule has 2 heterocycles. The lowest BCUT2D eigenvalue weighted by atomic mass is 10.1. The molecule has 1 unspecified atom stereocenters. The number of aromatic nitrogens is 1. The van der Waals surface area contributed by atoms with E-state index in [0.717, 1.165) is 5.69 Å². The van der Waals surface area contributed by atoms with Crippen molar-refractivity contribution in [2.75, 3.05) is 6.61 Å². The molecule has 1 amide bonds. The highest BCUT2D eigenvalue weighted by Gasteiger charge is 2.26. The minimum absolute atomic E-state index is 0.292. The van der Waals surface area contributed by atoms with Gasteiger partial charge in [0, 0.05) is 11.3 Å². The minimum atomic E-state index is -0.351. The van der Waals surface area contributed by atoms with Crippen LogP contribution in [0.1, 0.15) is 27.8 Å². The lowest BCUT2D eigenvalue weighted by Crippen LogP contribution is -2.30. The molecule has 102 valence electrons. The number of carbonyl (C=O) groups excluding carboxylic acids is 1. The number of benzene rings is 1. The van der Waals surface area contributed by atoms with Crippen molar-refractivity contribution in [3.63, 3.8) is 0 Å². The van der Waals surface area contributed by atoms with Crippen LogP contribution in [0.25, 0.3) is 0 Å². The van der Waals surface area contributed by atoms with Crippen molar-refractivity contribution >= 4 is 5.91 Å². The van der Waals surface area contributed by atoms with Gasteiger partial charge in [-0.15, -0.1) is 0 Å². The number of nitrogens with one attached hydrogen (secondary N) is 1. The Bertz CT molecular complexity index is 673. The molecule has 0 saturated carbocycles. The van der Waals surface area contributed by atoms with E-state index in [9.17, 15) is 9.18 Å². The van der Waals surface area contributed by atoms with Crippen LogP contribution in [0, 0.1) is 12.7 Å². The number of carbonyl (C=O) groups is 1. The van der Waals surface area contributed by atoms with Gasteiger partial charge in [-0.25, -0.2) is 9.37 Å². The molecule has 0 bridgehead atoms. The first-order chi connectivity index (χ1) is 9.63. The Morgan fingerprint density at radius 1 is 1.40 bits per heavy atom. The summed E-state index contributed by atoms with van der Waals surface area (Å²) in [6.07, 6.45) is 0. The van der Waals surface area contributed by atoms with Crippen LogP contribution in [-0.4, -0.2) is 17.5 Å². The molecule has 3 rings (SSSR count). The Balaban J connectivity index is 1.80. The maximum atomic E-state index is 13.3. The summed E-state index contributed by atoms with van der Waals surface area (Å²) in [7, 11) is 0. The molecule has 20 heavy (non-hydrogen) atoms. The number of ether oxygens (including phenoxy) is 1. The average Bonchev–Trinajstić information content (AvgIpc) is 2.81. The van der Waals surface area contributed by atoms with Crippen LogP contribution in [-0.2, 0) is 0 Å². The van der Waals surface area contributed by atoms with Crippen molar-refractivity contribution in [1.82, 2.24) is 10.3 Å². The van der Waals surface area contributed by atoms with E-state index >= 15 is 0 Å². The van der Waals surface area contributed by atoms with E-state index in [1.165, 1.54) is 12.1 Å². The summed E-state index contributed by atoms with van der Waals surface area (Å²) in [6, 6.07) is 9.18. The third kappa shape index (κ3) is 2.34. The number of hydrogen-bond donors (Lipinski definition) is 1. The molecule has 1 N–H and O–H groups in total. The second-order valence-corrected chi connectivity index (χ2v) is 4.68. The van der Waals surface area contributed by atoms with E-state index < -0.39 is 0 Å². The van der Waals surface area contributed by atoms with Crippen LogP contribution >= 0.6 is 0 Å². The maximum absolute atomic E-state index is 13.3. The first-order valence-electron chi connectivity index (χ1n) is 6.30. The van der Waals surface area contributed by atoms with Gasteiger partial charge < -0.3 is 10.1 Å². The standard InChI is InChI=1S/C15H13FN2O2/c1-9-3-2-4-12(17-9)15(19)18-13-8-20-14-6-5-10(16)7-11(13)14/h2-7,13H,8H2,1H3,(H,18,19).